The van der Waals surface area contributed by atoms with E-state index < -0.39 is 0 Å². The number of aromatic nitrogens is 5. The van der Waals surface area contributed by atoms with Crippen LogP contribution in [0.4, 0.5) is 0 Å². The Morgan fingerprint density at radius 1 is 1.35 bits per heavy atom. The highest BCUT2D eigenvalue weighted by molar-refractivity contribution is 9.10. The summed E-state index contributed by atoms with van der Waals surface area (Å²) in [6.45, 7) is 1.44. The molecule has 0 radical (unpaired) electrons. The van der Waals surface area contributed by atoms with Gasteiger partial charge in [0.25, 0.3) is 0 Å². The summed E-state index contributed by atoms with van der Waals surface area (Å²) in [5.41, 5.74) is 2.85. The summed E-state index contributed by atoms with van der Waals surface area (Å²) in [5, 5.41) is 4.95. The minimum Gasteiger partial charge on any atom is -0.336 e. The summed E-state index contributed by atoms with van der Waals surface area (Å²) in [6.07, 6.45) is 5.47. The number of pyridine rings is 2. The van der Waals surface area contributed by atoms with Crippen LogP contribution in [0.5, 0.6) is 0 Å². The van der Waals surface area contributed by atoms with Gasteiger partial charge in [-0.15, -0.1) is 0 Å². The van der Waals surface area contributed by atoms with Gasteiger partial charge in [-0.1, -0.05) is 0 Å². The maximum absolute atomic E-state index is 12.4. The first-order chi connectivity index (χ1) is 11.2. The molecule has 3 aromatic rings. The fourth-order valence-electron chi connectivity index (χ4n) is 2.76. The Balaban J connectivity index is 1.59. The fraction of sp³-hybridized carbons (Fsp3) is 0.267. The lowest BCUT2D eigenvalue weighted by atomic mass is 10.0. The zero-order valence-electron chi connectivity index (χ0n) is 12.2. The van der Waals surface area contributed by atoms with E-state index in [-0.39, 0.29) is 12.5 Å². The van der Waals surface area contributed by atoms with Crippen LogP contribution in [-0.4, -0.2) is 42.1 Å². The quantitative estimate of drug-likeness (QED) is 0.682. The third-order valence-electron chi connectivity index (χ3n) is 3.90. The van der Waals surface area contributed by atoms with Crippen LogP contribution in [0.2, 0.25) is 0 Å². The third kappa shape index (κ3) is 2.81. The second-order valence-electron chi connectivity index (χ2n) is 5.45. The number of carbonyl (C=O) groups is 1. The number of rotatable bonds is 2. The van der Waals surface area contributed by atoms with Crippen molar-refractivity contribution in [2.45, 2.75) is 19.5 Å². The van der Waals surface area contributed by atoms with E-state index in [1.54, 1.807) is 12.5 Å². The number of hydrogen-bond acceptors (Lipinski definition) is 5. The highest BCUT2D eigenvalue weighted by Crippen LogP contribution is 2.23. The van der Waals surface area contributed by atoms with Crippen molar-refractivity contribution in [2.24, 2.45) is 0 Å². The lowest BCUT2D eigenvalue weighted by Gasteiger charge is -2.28. The van der Waals surface area contributed by atoms with Gasteiger partial charge >= 0.3 is 0 Å². The molecule has 0 saturated carbocycles. The van der Waals surface area contributed by atoms with Crippen LogP contribution >= 0.6 is 15.9 Å². The van der Waals surface area contributed by atoms with Gasteiger partial charge in [-0.3, -0.25) is 4.79 Å². The first kappa shape index (κ1) is 14.3. The molecule has 0 saturated heterocycles. The van der Waals surface area contributed by atoms with E-state index in [2.05, 4.69) is 42.0 Å². The SMILES string of the molecule is O=C(Cn1cncn1)N1CCc2nc3ncc(Br)cc3cc2C1. The van der Waals surface area contributed by atoms with E-state index in [1.165, 1.54) is 11.0 Å². The predicted molar refractivity (Wildman–Crippen MR) is 86.4 cm³/mol. The third-order valence-corrected chi connectivity index (χ3v) is 4.33. The molecule has 0 unspecified atom stereocenters. The molecule has 4 rings (SSSR count). The highest BCUT2D eigenvalue weighted by atomic mass is 79.9. The minimum absolute atomic E-state index is 0.0358. The zero-order valence-corrected chi connectivity index (χ0v) is 13.8. The van der Waals surface area contributed by atoms with E-state index >= 15 is 0 Å². The van der Waals surface area contributed by atoms with Gasteiger partial charge in [0.2, 0.25) is 5.91 Å². The smallest absolute Gasteiger partial charge is 0.244 e. The van der Waals surface area contributed by atoms with Crippen molar-refractivity contribution in [1.29, 1.82) is 0 Å². The van der Waals surface area contributed by atoms with Crippen LogP contribution in [0, 0.1) is 0 Å². The maximum atomic E-state index is 12.4. The molecule has 0 bridgehead atoms. The van der Waals surface area contributed by atoms with Crippen molar-refractivity contribution in [1.82, 2.24) is 29.6 Å². The molecule has 8 heteroatoms. The fourth-order valence-corrected chi connectivity index (χ4v) is 3.11. The summed E-state index contributed by atoms with van der Waals surface area (Å²) in [5.74, 6) is 0.0358. The first-order valence-electron chi connectivity index (χ1n) is 7.23. The monoisotopic (exact) mass is 372 g/mol. The number of halogens is 1. The molecule has 116 valence electrons. The molecular formula is C15H13BrN6O. The van der Waals surface area contributed by atoms with E-state index in [0.29, 0.717) is 13.1 Å². The number of fused-ring (bicyclic) bond motifs is 2. The number of nitrogens with zero attached hydrogens (tertiary/aromatic N) is 6. The van der Waals surface area contributed by atoms with E-state index in [1.807, 2.05) is 11.0 Å². The molecule has 1 amide bonds. The topological polar surface area (TPSA) is 76.8 Å². The van der Waals surface area contributed by atoms with Crippen LogP contribution in [-0.2, 0) is 24.3 Å². The van der Waals surface area contributed by atoms with Crippen molar-refractivity contribution < 1.29 is 4.79 Å². The van der Waals surface area contributed by atoms with Gasteiger partial charge in [0, 0.05) is 41.3 Å². The normalized spacial score (nSPS) is 14.0. The first-order valence-corrected chi connectivity index (χ1v) is 8.02. The average molecular weight is 373 g/mol. The Bertz CT molecular complexity index is 879. The van der Waals surface area contributed by atoms with Crippen LogP contribution < -0.4 is 0 Å². The number of amides is 1. The number of hydrogen-bond donors (Lipinski definition) is 0. The molecule has 0 aromatic carbocycles. The molecule has 0 N–H and O–H groups in total. The lowest BCUT2D eigenvalue weighted by molar-refractivity contribution is -0.133. The van der Waals surface area contributed by atoms with Gasteiger partial charge in [0.1, 0.15) is 19.2 Å². The van der Waals surface area contributed by atoms with Gasteiger partial charge in [0.15, 0.2) is 5.65 Å². The Morgan fingerprint density at radius 3 is 3.09 bits per heavy atom. The van der Waals surface area contributed by atoms with Gasteiger partial charge in [-0.25, -0.2) is 19.6 Å². The van der Waals surface area contributed by atoms with Crippen LogP contribution in [0.15, 0.2) is 35.5 Å². The average Bonchev–Trinajstić information content (AvgIpc) is 3.05. The zero-order chi connectivity index (χ0) is 15.8. The molecular weight excluding hydrogens is 360 g/mol. The Hall–Kier alpha value is -2.35. The van der Waals surface area contributed by atoms with Crippen molar-refractivity contribution in [3.63, 3.8) is 0 Å². The Kier molecular flexibility index (Phi) is 3.53. The van der Waals surface area contributed by atoms with Crippen LogP contribution in [0.3, 0.4) is 0 Å². The van der Waals surface area contributed by atoms with E-state index in [0.717, 1.165) is 33.2 Å². The molecule has 3 aromatic heterocycles. The summed E-state index contributed by atoms with van der Waals surface area (Å²) in [6, 6.07) is 4.07. The van der Waals surface area contributed by atoms with Gasteiger partial charge in [-0.2, -0.15) is 5.10 Å². The molecule has 23 heavy (non-hydrogen) atoms. The minimum atomic E-state index is 0.0358. The summed E-state index contributed by atoms with van der Waals surface area (Å²) in [7, 11) is 0. The standard InChI is InChI=1S/C15H13BrN6O/c16-12-4-10-3-11-6-21(14(23)7-22-9-17-8-19-22)2-1-13(11)20-15(10)18-5-12/h3-5,8-9H,1-2,6-7H2. The largest absolute Gasteiger partial charge is 0.336 e. The summed E-state index contributed by atoms with van der Waals surface area (Å²) < 4.78 is 2.46. The second kappa shape index (κ2) is 5.69. The van der Waals surface area contributed by atoms with Crippen molar-refractivity contribution in [2.75, 3.05) is 6.54 Å². The Morgan fingerprint density at radius 2 is 2.26 bits per heavy atom. The van der Waals surface area contributed by atoms with Gasteiger partial charge < -0.3 is 4.90 Å². The second-order valence-corrected chi connectivity index (χ2v) is 6.37. The van der Waals surface area contributed by atoms with Gasteiger partial charge in [0.05, 0.1) is 0 Å². The van der Waals surface area contributed by atoms with Crippen LogP contribution in [0.1, 0.15) is 11.3 Å². The highest BCUT2D eigenvalue weighted by Gasteiger charge is 2.22. The Labute approximate surface area is 140 Å². The van der Waals surface area contributed by atoms with Crippen molar-refractivity contribution in [3.8, 4) is 0 Å². The van der Waals surface area contributed by atoms with Crippen molar-refractivity contribution in [3.05, 3.63) is 46.7 Å². The molecule has 4 heterocycles. The molecule has 7 nitrogen and oxygen atoms in total. The summed E-state index contributed by atoms with van der Waals surface area (Å²) in [4.78, 5) is 27.0. The molecule has 1 aliphatic heterocycles. The molecule has 0 fully saturated rings. The van der Waals surface area contributed by atoms with E-state index in [9.17, 15) is 4.79 Å². The summed E-state index contributed by atoms with van der Waals surface area (Å²) >= 11 is 3.43. The maximum Gasteiger partial charge on any atom is 0.244 e. The van der Waals surface area contributed by atoms with Gasteiger partial charge in [-0.05, 0) is 33.6 Å². The van der Waals surface area contributed by atoms with Crippen molar-refractivity contribution >= 4 is 32.9 Å². The molecule has 0 atom stereocenters. The molecule has 0 spiro atoms. The van der Waals surface area contributed by atoms with Crippen LogP contribution in [0.25, 0.3) is 11.0 Å². The predicted octanol–water partition coefficient (Wildman–Crippen LogP) is 1.57. The molecule has 0 aliphatic carbocycles. The number of carbonyl (C=O) groups excluding carboxylic acids is 1. The lowest BCUT2D eigenvalue weighted by Crippen LogP contribution is -2.38. The van der Waals surface area contributed by atoms with E-state index in [4.69, 9.17) is 0 Å². The molecule has 1 aliphatic rings.